The van der Waals surface area contributed by atoms with E-state index in [1.54, 1.807) is 12.4 Å². The summed E-state index contributed by atoms with van der Waals surface area (Å²) in [4.78, 5) is 20.3. The zero-order valence-electron chi connectivity index (χ0n) is 15.0. The summed E-state index contributed by atoms with van der Waals surface area (Å²) in [6, 6.07) is 8.04. The van der Waals surface area contributed by atoms with Gasteiger partial charge in [0.15, 0.2) is 0 Å². The first-order valence-corrected chi connectivity index (χ1v) is 8.20. The summed E-state index contributed by atoms with van der Waals surface area (Å²) < 4.78 is 0. The van der Waals surface area contributed by atoms with Crippen LogP contribution < -0.4 is 10.6 Å². The van der Waals surface area contributed by atoms with Gasteiger partial charge in [-0.15, -0.1) is 0 Å². The largest absolute Gasteiger partial charge is 0.350 e. The third-order valence-corrected chi connectivity index (χ3v) is 3.70. The first kappa shape index (κ1) is 18.1. The number of hydrogen-bond donors (Lipinski definition) is 2. The molecule has 0 fully saturated rings. The van der Waals surface area contributed by atoms with Gasteiger partial charge in [-0.3, -0.25) is 10.1 Å². The highest BCUT2D eigenvalue weighted by Crippen LogP contribution is 2.21. The maximum absolute atomic E-state index is 12.2. The van der Waals surface area contributed by atoms with Gasteiger partial charge in [0.2, 0.25) is 5.91 Å². The molecule has 0 aliphatic rings. The second-order valence-corrected chi connectivity index (χ2v) is 7.10. The third kappa shape index (κ3) is 5.13. The van der Waals surface area contributed by atoms with Gasteiger partial charge in [0.25, 0.3) is 0 Å². The average molecular weight is 326 g/mol. The van der Waals surface area contributed by atoms with E-state index in [0.717, 1.165) is 16.7 Å². The molecule has 24 heavy (non-hydrogen) atoms. The molecule has 2 atom stereocenters. The lowest BCUT2D eigenvalue weighted by atomic mass is 10.0. The summed E-state index contributed by atoms with van der Waals surface area (Å²) >= 11 is 0. The summed E-state index contributed by atoms with van der Waals surface area (Å²) in [6.07, 6.45) is 5.11. The number of hydrogen-bond acceptors (Lipinski definition) is 4. The number of nitrogens with zero attached hydrogens (tertiary/aromatic N) is 2. The van der Waals surface area contributed by atoms with Gasteiger partial charge < -0.3 is 5.32 Å². The van der Waals surface area contributed by atoms with Crippen molar-refractivity contribution in [3.63, 3.8) is 0 Å². The number of carbonyl (C=O) groups excluding carboxylic acids is 1. The molecule has 2 aromatic rings. The Morgan fingerprint density at radius 2 is 1.58 bits per heavy atom. The molecule has 0 saturated heterocycles. The molecule has 1 aromatic heterocycles. The molecule has 0 spiro atoms. The van der Waals surface area contributed by atoms with Crippen molar-refractivity contribution in [3.05, 3.63) is 48.5 Å². The lowest BCUT2D eigenvalue weighted by Crippen LogP contribution is -2.49. The summed E-state index contributed by atoms with van der Waals surface area (Å²) in [7, 11) is 0. The molecule has 1 amide bonds. The highest BCUT2D eigenvalue weighted by Gasteiger charge is 2.20. The summed E-state index contributed by atoms with van der Waals surface area (Å²) in [5.74, 6) is 0.00686. The zero-order valence-corrected chi connectivity index (χ0v) is 15.0. The fourth-order valence-electron chi connectivity index (χ4n) is 2.44. The monoisotopic (exact) mass is 326 g/mol. The van der Waals surface area contributed by atoms with Gasteiger partial charge >= 0.3 is 0 Å². The van der Waals surface area contributed by atoms with Crippen molar-refractivity contribution in [2.75, 3.05) is 0 Å². The van der Waals surface area contributed by atoms with Crippen LogP contribution in [0.25, 0.3) is 11.1 Å². The predicted molar refractivity (Wildman–Crippen MR) is 96.4 cm³/mol. The van der Waals surface area contributed by atoms with Crippen molar-refractivity contribution in [1.82, 2.24) is 20.6 Å². The molecule has 0 aliphatic heterocycles. The Hall–Kier alpha value is -2.27. The lowest BCUT2D eigenvalue weighted by molar-refractivity contribution is -0.124. The van der Waals surface area contributed by atoms with Gasteiger partial charge in [-0.05, 0) is 45.7 Å². The molecular weight excluding hydrogens is 300 g/mol. The zero-order chi connectivity index (χ0) is 17.7. The topological polar surface area (TPSA) is 66.9 Å². The van der Waals surface area contributed by atoms with Crippen LogP contribution in [0.2, 0.25) is 0 Å². The van der Waals surface area contributed by atoms with Gasteiger partial charge in [-0.2, -0.15) is 0 Å². The normalized spacial score (nSPS) is 14.0. The van der Waals surface area contributed by atoms with Crippen LogP contribution in [-0.2, 0) is 4.79 Å². The molecule has 2 N–H and O–H groups in total. The predicted octanol–water partition coefficient (Wildman–Crippen LogP) is 3.10. The standard InChI is InChI=1S/C19H26N4O/c1-13(22-14(2)18(24)23-19(3,4)5)15-6-8-16(9-7-15)17-10-20-12-21-11-17/h6-14,22H,1-5H3,(H,23,24)/t13-,14+/m1/s1. The van der Waals surface area contributed by atoms with Crippen molar-refractivity contribution in [1.29, 1.82) is 0 Å². The first-order valence-electron chi connectivity index (χ1n) is 8.20. The van der Waals surface area contributed by atoms with Gasteiger partial charge in [0.1, 0.15) is 6.33 Å². The molecule has 2 rings (SSSR count). The number of rotatable bonds is 5. The third-order valence-electron chi connectivity index (χ3n) is 3.70. The van der Waals surface area contributed by atoms with Crippen LogP contribution in [-0.4, -0.2) is 27.5 Å². The van der Waals surface area contributed by atoms with Gasteiger partial charge in [-0.1, -0.05) is 24.3 Å². The summed E-state index contributed by atoms with van der Waals surface area (Å²) in [5.41, 5.74) is 2.97. The molecule has 1 aromatic carbocycles. The molecule has 5 heteroatoms. The van der Waals surface area contributed by atoms with E-state index in [0.29, 0.717) is 0 Å². The van der Waals surface area contributed by atoms with E-state index in [1.807, 2.05) is 39.8 Å². The van der Waals surface area contributed by atoms with Crippen LogP contribution in [0.5, 0.6) is 0 Å². The minimum absolute atomic E-state index is 0.00686. The quantitative estimate of drug-likeness (QED) is 0.886. The van der Waals surface area contributed by atoms with Crippen LogP contribution in [0, 0.1) is 0 Å². The van der Waals surface area contributed by atoms with E-state index < -0.39 is 0 Å². The minimum atomic E-state index is -0.263. The van der Waals surface area contributed by atoms with E-state index in [2.05, 4.69) is 39.7 Å². The second kappa shape index (κ2) is 7.53. The highest BCUT2D eigenvalue weighted by molar-refractivity contribution is 5.82. The van der Waals surface area contributed by atoms with Gasteiger partial charge in [-0.25, -0.2) is 9.97 Å². The maximum Gasteiger partial charge on any atom is 0.237 e. The fourth-order valence-corrected chi connectivity index (χ4v) is 2.44. The molecular formula is C19H26N4O. The number of carbonyl (C=O) groups is 1. The Balaban J connectivity index is 2.00. The van der Waals surface area contributed by atoms with Gasteiger partial charge in [0, 0.05) is 29.5 Å². The van der Waals surface area contributed by atoms with Crippen LogP contribution in [0.3, 0.4) is 0 Å². The van der Waals surface area contributed by atoms with Crippen molar-refractivity contribution in [3.8, 4) is 11.1 Å². The van der Waals surface area contributed by atoms with Crippen molar-refractivity contribution < 1.29 is 4.79 Å². The van der Waals surface area contributed by atoms with E-state index in [4.69, 9.17) is 0 Å². The Bertz CT molecular complexity index is 662. The molecule has 5 nitrogen and oxygen atoms in total. The minimum Gasteiger partial charge on any atom is -0.350 e. The lowest BCUT2D eigenvalue weighted by Gasteiger charge is -2.25. The number of amides is 1. The van der Waals surface area contributed by atoms with Crippen molar-refractivity contribution in [2.45, 2.75) is 52.2 Å². The smallest absolute Gasteiger partial charge is 0.237 e. The summed E-state index contributed by atoms with van der Waals surface area (Å²) in [5, 5.41) is 6.33. The highest BCUT2D eigenvalue weighted by atomic mass is 16.2. The molecule has 0 radical (unpaired) electrons. The van der Waals surface area contributed by atoms with Crippen molar-refractivity contribution >= 4 is 5.91 Å². The van der Waals surface area contributed by atoms with Crippen molar-refractivity contribution in [2.24, 2.45) is 0 Å². The van der Waals surface area contributed by atoms with E-state index >= 15 is 0 Å². The maximum atomic E-state index is 12.2. The van der Waals surface area contributed by atoms with Crippen LogP contribution in [0.15, 0.2) is 43.0 Å². The SMILES string of the molecule is C[C@H](N[C@H](C)c1ccc(-c2cncnc2)cc1)C(=O)NC(C)(C)C. The number of nitrogens with one attached hydrogen (secondary N) is 2. The Kier molecular flexibility index (Phi) is 5.67. The van der Waals surface area contributed by atoms with E-state index in [9.17, 15) is 4.79 Å². The summed E-state index contributed by atoms with van der Waals surface area (Å²) in [6.45, 7) is 9.88. The first-order chi connectivity index (χ1) is 11.3. The van der Waals surface area contributed by atoms with E-state index in [1.165, 1.54) is 6.33 Å². The molecule has 0 unspecified atom stereocenters. The average Bonchev–Trinajstić information content (AvgIpc) is 2.54. The molecule has 0 aliphatic carbocycles. The van der Waals surface area contributed by atoms with Crippen LogP contribution >= 0.6 is 0 Å². The molecule has 1 heterocycles. The molecule has 128 valence electrons. The van der Waals surface area contributed by atoms with E-state index in [-0.39, 0.29) is 23.5 Å². The van der Waals surface area contributed by atoms with Crippen LogP contribution in [0.4, 0.5) is 0 Å². The fraction of sp³-hybridized carbons (Fsp3) is 0.421. The Morgan fingerprint density at radius 1 is 1.00 bits per heavy atom. The Morgan fingerprint density at radius 3 is 2.12 bits per heavy atom. The second-order valence-electron chi connectivity index (χ2n) is 7.10. The molecule has 0 bridgehead atoms. The number of aromatic nitrogens is 2. The Labute approximate surface area is 143 Å². The number of benzene rings is 1. The van der Waals surface area contributed by atoms with Gasteiger partial charge in [0.05, 0.1) is 6.04 Å². The van der Waals surface area contributed by atoms with Crippen LogP contribution in [0.1, 0.15) is 46.2 Å². The molecule has 0 saturated carbocycles.